The zero-order valence-electron chi connectivity index (χ0n) is 23.5. The number of aryl methyl sites for hydroxylation is 2. The Labute approximate surface area is 231 Å². The molecule has 204 valence electrons. The number of benzene rings is 2. The molecule has 4 heterocycles. The van der Waals surface area contributed by atoms with Gasteiger partial charge in [-0.15, -0.1) is 0 Å². The van der Waals surface area contributed by atoms with E-state index in [1.54, 1.807) is 0 Å². The fourth-order valence-electron chi connectivity index (χ4n) is 8.04. The number of hydrogen-bond donors (Lipinski definition) is 1. The van der Waals surface area contributed by atoms with E-state index < -0.39 is 5.97 Å². The van der Waals surface area contributed by atoms with Crippen LogP contribution in [0.3, 0.4) is 0 Å². The molecule has 2 fully saturated rings. The molecule has 1 aliphatic carbocycles. The molecule has 0 amide bonds. The number of carbonyl (C=O) groups is 1. The van der Waals surface area contributed by atoms with Gasteiger partial charge in [0.25, 0.3) is 0 Å². The first-order chi connectivity index (χ1) is 19.0. The number of piperidine rings is 1. The minimum atomic E-state index is -0.846. The number of aromatic carboxylic acids is 1. The summed E-state index contributed by atoms with van der Waals surface area (Å²) in [6.45, 7) is 8.90. The van der Waals surface area contributed by atoms with Gasteiger partial charge in [-0.3, -0.25) is 0 Å². The molecule has 2 aliphatic heterocycles. The summed E-state index contributed by atoms with van der Waals surface area (Å²) in [4.78, 5) is 14.6. The van der Waals surface area contributed by atoms with Crippen molar-refractivity contribution < 1.29 is 9.90 Å². The fourth-order valence-corrected chi connectivity index (χ4v) is 8.04. The van der Waals surface area contributed by atoms with Crippen molar-refractivity contribution >= 4 is 27.8 Å². The van der Waals surface area contributed by atoms with Gasteiger partial charge in [-0.1, -0.05) is 43.5 Å². The topological polar surface area (TPSA) is 50.4 Å². The third-order valence-electron chi connectivity index (χ3n) is 10.0. The van der Waals surface area contributed by atoms with Gasteiger partial charge in [0.05, 0.1) is 16.8 Å². The summed E-state index contributed by atoms with van der Waals surface area (Å²) in [6, 6.07) is 13.4. The first-order valence-electron chi connectivity index (χ1n) is 15.3. The molecule has 3 aliphatic rings. The van der Waals surface area contributed by atoms with Crippen LogP contribution in [0, 0.1) is 0 Å². The third kappa shape index (κ3) is 4.12. The molecular weight excluding hydrogens is 482 g/mol. The highest BCUT2D eigenvalue weighted by Crippen LogP contribution is 2.47. The van der Waals surface area contributed by atoms with E-state index in [2.05, 4.69) is 58.3 Å². The van der Waals surface area contributed by atoms with Crippen LogP contribution in [0.4, 0.5) is 0 Å². The van der Waals surface area contributed by atoms with Crippen LogP contribution in [0.25, 0.3) is 33.1 Å². The van der Waals surface area contributed by atoms with E-state index in [-0.39, 0.29) is 0 Å². The zero-order chi connectivity index (χ0) is 26.7. The van der Waals surface area contributed by atoms with Crippen molar-refractivity contribution in [1.82, 2.24) is 14.0 Å². The quantitative estimate of drug-likeness (QED) is 0.295. The molecule has 0 atom stereocenters. The van der Waals surface area contributed by atoms with Gasteiger partial charge >= 0.3 is 5.97 Å². The van der Waals surface area contributed by atoms with Crippen LogP contribution in [0.2, 0.25) is 0 Å². The standard InChI is InChI=1S/C34H41N3O2/c1-22(2)35-18-14-23(15-19-35)29-21-36-16-7-17-37-30-20-25(34(38)39)12-13-27(30)31(24-8-4-3-5-9-24)33(37)28-11-6-10-26(29)32(28)36/h6,10-13,20-24H,3-5,7-9,14-19H2,1-2H3,(H,38,39). The van der Waals surface area contributed by atoms with Crippen LogP contribution in [0.15, 0.2) is 42.6 Å². The van der Waals surface area contributed by atoms with E-state index in [0.29, 0.717) is 23.4 Å². The second-order valence-corrected chi connectivity index (χ2v) is 12.5. The Morgan fingerprint density at radius 1 is 0.872 bits per heavy atom. The number of nitrogens with zero attached hydrogens (tertiary/aromatic N) is 3. The van der Waals surface area contributed by atoms with Crippen LogP contribution in [-0.4, -0.2) is 44.2 Å². The lowest BCUT2D eigenvalue weighted by Crippen LogP contribution is -2.37. The molecule has 0 spiro atoms. The Morgan fingerprint density at radius 2 is 1.67 bits per heavy atom. The van der Waals surface area contributed by atoms with Crippen LogP contribution in [0.1, 0.15) is 98.5 Å². The second-order valence-electron chi connectivity index (χ2n) is 12.5. The number of aromatic nitrogens is 2. The first kappa shape index (κ1) is 25.0. The number of rotatable bonds is 4. The maximum Gasteiger partial charge on any atom is 0.335 e. The van der Waals surface area contributed by atoms with Gasteiger partial charge in [0, 0.05) is 47.2 Å². The van der Waals surface area contributed by atoms with Crippen LogP contribution in [-0.2, 0) is 13.1 Å². The Kier molecular flexibility index (Phi) is 6.30. The third-order valence-corrected chi connectivity index (χ3v) is 10.0. The lowest BCUT2D eigenvalue weighted by molar-refractivity contribution is 0.0697. The smallest absolute Gasteiger partial charge is 0.335 e. The van der Waals surface area contributed by atoms with Gasteiger partial charge < -0.3 is 19.1 Å². The van der Waals surface area contributed by atoms with Gasteiger partial charge in [-0.05, 0) is 94.1 Å². The summed E-state index contributed by atoms with van der Waals surface area (Å²) >= 11 is 0. The number of hydrogen-bond acceptors (Lipinski definition) is 2. The summed E-state index contributed by atoms with van der Waals surface area (Å²) in [5, 5.41) is 12.5. The largest absolute Gasteiger partial charge is 0.478 e. The van der Waals surface area contributed by atoms with E-state index in [9.17, 15) is 9.90 Å². The van der Waals surface area contributed by atoms with Gasteiger partial charge in [-0.25, -0.2) is 4.79 Å². The summed E-state index contributed by atoms with van der Waals surface area (Å²) < 4.78 is 5.04. The van der Waals surface area contributed by atoms with Crippen molar-refractivity contribution in [2.24, 2.45) is 0 Å². The Balaban J connectivity index is 1.44. The van der Waals surface area contributed by atoms with Gasteiger partial charge in [0.15, 0.2) is 0 Å². The maximum atomic E-state index is 12.0. The van der Waals surface area contributed by atoms with E-state index in [1.807, 2.05) is 12.1 Å². The SMILES string of the molecule is CC(C)N1CCC(c2cn3c4c(cccc24)-c2c(C4CCCCC4)c4ccc(C(=O)O)cc4n2CCC3)CC1. The monoisotopic (exact) mass is 523 g/mol. The molecule has 7 rings (SSSR count). The fraction of sp³-hybridized carbons (Fsp3) is 0.500. The molecule has 0 unspecified atom stereocenters. The van der Waals surface area contributed by atoms with Crippen molar-refractivity contribution in [2.75, 3.05) is 13.1 Å². The normalized spacial score (nSPS) is 19.5. The van der Waals surface area contributed by atoms with Crippen molar-refractivity contribution in [3.05, 3.63) is 59.3 Å². The second kappa shape index (κ2) is 9.85. The predicted molar refractivity (Wildman–Crippen MR) is 159 cm³/mol. The van der Waals surface area contributed by atoms with E-state index in [4.69, 9.17) is 0 Å². The molecule has 4 aromatic rings. The molecule has 2 aromatic carbocycles. The van der Waals surface area contributed by atoms with Crippen LogP contribution < -0.4 is 0 Å². The minimum absolute atomic E-state index is 0.386. The molecule has 0 radical (unpaired) electrons. The number of fused-ring (bicyclic) bond motifs is 4. The summed E-state index contributed by atoms with van der Waals surface area (Å²) in [6.07, 6.45) is 12.3. The summed E-state index contributed by atoms with van der Waals surface area (Å²) in [7, 11) is 0. The number of para-hydroxylation sites is 1. The number of carboxylic acids is 1. The Hall–Kier alpha value is -3.05. The van der Waals surface area contributed by atoms with Crippen LogP contribution in [0.5, 0.6) is 0 Å². The molecule has 2 aromatic heterocycles. The van der Waals surface area contributed by atoms with Crippen LogP contribution >= 0.6 is 0 Å². The lowest BCUT2D eigenvalue weighted by Gasteiger charge is -2.34. The van der Waals surface area contributed by atoms with Gasteiger partial charge in [-0.2, -0.15) is 0 Å². The highest BCUT2D eigenvalue weighted by atomic mass is 16.4. The molecule has 5 heteroatoms. The van der Waals surface area contributed by atoms with E-state index in [0.717, 1.165) is 25.0 Å². The molecule has 0 bridgehead atoms. The molecular formula is C34H41N3O2. The number of carboxylic acid groups (broad SMARTS) is 1. The lowest BCUT2D eigenvalue weighted by atomic mass is 9.81. The Bertz CT molecular complexity index is 1540. The average molecular weight is 524 g/mol. The molecule has 1 saturated carbocycles. The van der Waals surface area contributed by atoms with Crippen molar-refractivity contribution in [3.63, 3.8) is 0 Å². The zero-order valence-corrected chi connectivity index (χ0v) is 23.5. The molecule has 1 N–H and O–H groups in total. The molecule has 1 saturated heterocycles. The van der Waals surface area contributed by atoms with Gasteiger partial charge in [0.2, 0.25) is 0 Å². The highest BCUT2D eigenvalue weighted by Gasteiger charge is 2.31. The van der Waals surface area contributed by atoms with Crippen molar-refractivity contribution in [3.8, 4) is 11.3 Å². The van der Waals surface area contributed by atoms with Gasteiger partial charge in [0.1, 0.15) is 0 Å². The molecule has 5 nitrogen and oxygen atoms in total. The van der Waals surface area contributed by atoms with E-state index >= 15 is 0 Å². The highest BCUT2D eigenvalue weighted by molar-refractivity contribution is 6.03. The Morgan fingerprint density at radius 3 is 2.41 bits per heavy atom. The summed E-state index contributed by atoms with van der Waals surface area (Å²) in [5.74, 6) is 0.300. The number of likely N-dealkylation sites (tertiary alicyclic amines) is 1. The predicted octanol–water partition coefficient (Wildman–Crippen LogP) is 8.00. The van der Waals surface area contributed by atoms with Crippen molar-refractivity contribution in [2.45, 2.75) is 96.2 Å². The summed E-state index contributed by atoms with van der Waals surface area (Å²) in [5.41, 5.74) is 8.57. The van der Waals surface area contributed by atoms with E-state index in [1.165, 1.54) is 96.7 Å². The van der Waals surface area contributed by atoms with Crippen molar-refractivity contribution in [1.29, 1.82) is 0 Å². The first-order valence-corrected chi connectivity index (χ1v) is 15.3. The minimum Gasteiger partial charge on any atom is -0.478 e. The molecule has 39 heavy (non-hydrogen) atoms. The maximum absolute atomic E-state index is 12.0. The average Bonchev–Trinajstić information content (AvgIpc) is 3.48.